The summed E-state index contributed by atoms with van der Waals surface area (Å²) in [7, 11) is 2.06. The Hall–Kier alpha value is -0.870. The molecular formula is C14H21FN2O. The van der Waals surface area contributed by atoms with Crippen LogP contribution in [0.15, 0.2) is 23.0 Å². The van der Waals surface area contributed by atoms with Crippen LogP contribution in [0.5, 0.6) is 0 Å². The van der Waals surface area contributed by atoms with Gasteiger partial charge in [-0.3, -0.25) is 0 Å². The van der Waals surface area contributed by atoms with E-state index in [0.717, 1.165) is 19.5 Å². The number of nitrogens with one attached hydrogen (secondary N) is 1. The molecule has 1 aromatic rings. The average Bonchev–Trinajstić information content (AvgIpc) is 2.94. The minimum absolute atomic E-state index is 0.440. The van der Waals surface area contributed by atoms with Gasteiger partial charge in [-0.25, -0.2) is 4.39 Å². The Morgan fingerprint density at radius 2 is 2.28 bits per heavy atom. The first-order valence-corrected chi connectivity index (χ1v) is 6.79. The Morgan fingerprint density at radius 3 is 2.94 bits per heavy atom. The van der Waals surface area contributed by atoms with Crippen LogP contribution in [0.1, 0.15) is 30.7 Å². The van der Waals surface area contributed by atoms with E-state index in [1.807, 2.05) is 6.07 Å². The summed E-state index contributed by atoms with van der Waals surface area (Å²) >= 11 is 0. The monoisotopic (exact) mass is 252 g/mol. The molecule has 1 aliphatic heterocycles. The minimum Gasteiger partial charge on any atom is -0.472 e. The number of hydrogen-bond acceptors (Lipinski definition) is 3. The molecular weight excluding hydrogens is 231 g/mol. The second-order valence-electron chi connectivity index (χ2n) is 5.84. The molecule has 18 heavy (non-hydrogen) atoms. The SMILES string of the molecule is CN1CCC(F)(CNC2CC2c2ccoc2)CC1. The van der Waals surface area contributed by atoms with E-state index in [1.165, 1.54) is 5.56 Å². The summed E-state index contributed by atoms with van der Waals surface area (Å²) in [6.45, 7) is 2.24. The Kier molecular flexibility index (Phi) is 3.16. The number of hydrogen-bond donors (Lipinski definition) is 1. The summed E-state index contributed by atoms with van der Waals surface area (Å²) in [5.74, 6) is 0.526. The minimum atomic E-state index is -1.00. The normalized spacial score (nSPS) is 31.4. The highest BCUT2D eigenvalue weighted by molar-refractivity contribution is 5.23. The van der Waals surface area contributed by atoms with Crippen molar-refractivity contribution in [3.8, 4) is 0 Å². The van der Waals surface area contributed by atoms with Crippen LogP contribution in [-0.4, -0.2) is 43.3 Å². The van der Waals surface area contributed by atoms with Crippen molar-refractivity contribution in [1.82, 2.24) is 10.2 Å². The summed E-state index contributed by atoms with van der Waals surface area (Å²) < 4.78 is 19.6. The fraction of sp³-hybridized carbons (Fsp3) is 0.714. The van der Waals surface area contributed by atoms with Gasteiger partial charge in [-0.05, 0) is 37.9 Å². The largest absolute Gasteiger partial charge is 0.472 e. The molecule has 4 heteroatoms. The summed E-state index contributed by atoms with van der Waals surface area (Å²) in [6, 6.07) is 2.45. The van der Waals surface area contributed by atoms with Gasteiger partial charge in [-0.1, -0.05) is 0 Å². The van der Waals surface area contributed by atoms with Crippen LogP contribution >= 0.6 is 0 Å². The smallest absolute Gasteiger partial charge is 0.125 e. The zero-order valence-corrected chi connectivity index (χ0v) is 10.9. The molecule has 0 radical (unpaired) electrons. The third-order valence-corrected chi connectivity index (χ3v) is 4.33. The van der Waals surface area contributed by atoms with Gasteiger partial charge in [0.1, 0.15) is 5.67 Å². The van der Waals surface area contributed by atoms with Gasteiger partial charge < -0.3 is 14.6 Å². The van der Waals surface area contributed by atoms with Crippen LogP contribution in [0.2, 0.25) is 0 Å². The first kappa shape index (κ1) is 12.2. The predicted octanol–water partition coefficient (Wildman–Crippen LogP) is 2.16. The molecule has 3 nitrogen and oxygen atoms in total. The zero-order valence-electron chi connectivity index (χ0n) is 10.9. The van der Waals surface area contributed by atoms with Crippen molar-refractivity contribution in [3.05, 3.63) is 24.2 Å². The van der Waals surface area contributed by atoms with Crippen LogP contribution in [0, 0.1) is 0 Å². The standard InChI is InChI=1S/C14H21FN2O/c1-17-5-3-14(15,4-6-17)10-16-13-8-12(13)11-2-7-18-9-11/h2,7,9,12-13,16H,3-6,8,10H2,1H3. The topological polar surface area (TPSA) is 28.4 Å². The molecule has 1 N–H and O–H groups in total. The zero-order chi connectivity index (χ0) is 12.6. The second-order valence-corrected chi connectivity index (χ2v) is 5.84. The maximum absolute atomic E-state index is 14.5. The molecule has 3 rings (SSSR count). The van der Waals surface area contributed by atoms with Gasteiger partial charge in [0.25, 0.3) is 0 Å². The molecule has 2 heterocycles. The number of alkyl halides is 1. The quantitative estimate of drug-likeness (QED) is 0.890. The molecule has 2 aliphatic rings. The van der Waals surface area contributed by atoms with Crippen LogP contribution in [0.4, 0.5) is 4.39 Å². The molecule has 1 saturated heterocycles. The molecule has 0 bridgehead atoms. The second kappa shape index (κ2) is 4.67. The van der Waals surface area contributed by atoms with Crippen LogP contribution in [-0.2, 0) is 0 Å². The Balaban J connectivity index is 1.45. The Bertz CT molecular complexity index is 385. The lowest BCUT2D eigenvalue weighted by Crippen LogP contribution is -2.46. The van der Waals surface area contributed by atoms with Gasteiger partial charge in [0.05, 0.1) is 12.5 Å². The van der Waals surface area contributed by atoms with E-state index in [0.29, 0.717) is 31.3 Å². The van der Waals surface area contributed by atoms with Gasteiger partial charge in [-0.15, -0.1) is 0 Å². The van der Waals surface area contributed by atoms with Gasteiger partial charge in [0.2, 0.25) is 0 Å². The van der Waals surface area contributed by atoms with E-state index < -0.39 is 5.67 Å². The average molecular weight is 252 g/mol. The highest BCUT2D eigenvalue weighted by Crippen LogP contribution is 2.41. The maximum atomic E-state index is 14.5. The van der Waals surface area contributed by atoms with Crippen LogP contribution in [0.3, 0.4) is 0 Å². The molecule has 1 aromatic heterocycles. The molecule has 1 saturated carbocycles. The summed E-state index contributed by atoms with van der Waals surface area (Å²) in [5.41, 5.74) is 0.236. The Labute approximate surface area is 107 Å². The van der Waals surface area contributed by atoms with Crippen molar-refractivity contribution in [2.45, 2.75) is 36.9 Å². The molecule has 2 fully saturated rings. The molecule has 0 amide bonds. The van der Waals surface area contributed by atoms with E-state index in [1.54, 1.807) is 12.5 Å². The highest BCUT2D eigenvalue weighted by atomic mass is 19.1. The number of rotatable bonds is 4. The van der Waals surface area contributed by atoms with Gasteiger partial charge in [0, 0.05) is 31.6 Å². The summed E-state index contributed by atoms with van der Waals surface area (Å²) in [6.07, 6.45) is 5.92. The molecule has 0 aromatic carbocycles. The third kappa shape index (κ3) is 2.59. The number of furan rings is 1. The third-order valence-electron chi connectivity index (χ3n) is 4.33. The predicted molar refractivity (Wildman–Crippen MR) is 68.4 cm³/mol. The van der Waals surface area contributed by atoms with E-state index in [9.17, 15) is 4.39 Å². The number of nitrogens with zero attached hydrogens (tertiary/aromatic N) is 1. The fourth-order valence-electron chi connectivity index (χ4n) is 2.79. The summed E-state index contributed by atoms with van der Waals surface area (Å²) in [4.78, 5) is 2.20. The van der Waals surface area contributed by atoms with Crippen molar-refractivity contribution in [3.63, 3.8) is 0 Å². The van der Waals surface area contributed by atoms with Crippen molar-refractivity contribution in [2.24, 2.45) is 0 Å². The van der Waals surface area contributed by atoms with Crippen LogP contribution in [0.25, 0.3) is 0 Å². The first-order valence-electron chi connectivity index (χ1n) is 6.79. The van der Waals surface area contributed by atoms with Crippen molar-refractivity contribution in [2.75, 3.05) is 26.7 Å². The first-order chi connectivity index (χ1) is 8.66. The Morgan fingerprint density at radius 1 is 1.50 bits per heavy atom. The van der Waals surface area contributed by atoms with Crippen LogP contribution < -0.4 is 5.32 Å². The van der Waals surface area contributed by atoms with Gasteiger partial charge in [-0.2, -0.15) is 0 Å². The number of piperidine rings is 1. The lowest BCUT2D eigenvalue weighted by atomic mass is 9.93. The molecule has 1 aliphatic carbocycles. The van der Waals surface area contributed by atoms with E-state index >= 15 is 0 Å². The maximum Gasteiger partial charge on any atom is 0.125 e. The van der Waals surface area contributed by atoms with E-state index in [-0.39, 0.29) is 0 Å². The summed E-state index contributed by atoms with van der Waals surface area (Å²) in [5, 5.41) is 3.38. The van der Waals surface area contributed by atoms with E-state index in [2.05, 4.69) is 17.3 Å². The van der Waals surface area contributed by atoms with Crippen molar-refractivity contribution >= 4 is 0 Å². The lowest BCUT2D eigenvalue weighted by molar-refractivity contribution is 0.0685. The van der Waals surface area contributed by atoms with Crippen molar-refractivity contribution in [1.29, 1.82) is 0 Å². The van der Waals surface area contributed by atoms with E-state index in [4.69, 9.17) is 4.42 Å². The fourth-order valence-corrected chi connectivity index (χ4v) is 2.79. The lowest BCUT2D eigenvalue weighted by Gasteiger charge is -2.34. The molecule has 100 valence electrons. The molecule has 2 atom stereocenters. The molecule has 0 spiro atoms. The van der Waals surface area contributed by atoms with Crippen molar-refractivity contribution < 1.29 is 8.81 Å². The molecule has 2 unspecified atom stereocenters. The number of likely N-dealkylation sites (tertiary alicyclic amines) is 1. The van der Waals surface area contributed by atoms with Gasteiger partial charge >= 0.3 is 0 Å². The number of halogens is 1. The van der Waals surface area contributed by atoms with Gasteiger partial charge in [0.15, 0.2) is 0 Å². The highest BCUT2D eigenvalue weighted by Gasteiger charge is 2.41.